The summed E-state index contributed by atoms with van der Waals surface area (Å²) in [6.07, 6.45) is 24.4. The molecule has 15 heteroatoms. The summed E-state index contributed by atoms with van der Waals surface area (Å²) in [5.74, 6) is -2.42. The summed E-state index contributed by atoms with van der Waals surface area (Å²) >= 11 is 0. The summed E-state index contributed by atoms with van der Waals surface area (Å²) in [4.78, 5) is 59.4. The molecule has 0 bridgehead atoms. The Morgan fingerprint density at radius 1 is 0.556 bits per heavy atom. The quantitative estimate of drug-likeness (QED) is 0.0393. The van der Waals surface area contributed by atoms with Gasteiger partial charge in [0.2, 0.25) is 17.7 Å². The maximum absolute atomic E-state index is 12.7. The van der Waals surface area contributed by atoms with Crippen molar-refractivity contribution in [3.05, 3.63) is 35.9 Å². The van der Waals surface area contributed by atoms with Crippen LogP contribution in [0.5, 0.6) is 5.75 Å². The summed E-state index contributed by atoms with van der Waals surface area (Å²) in [5.41, 5.74) is 0.221. The van der Waals surface area contributed by atoms with Crippen LogP contribution in [0.25, 0.3) is 0 Å². The summed E-state index contributed by atoms with van der Waals surface area (Å²) < 4.78 is 27.8. The zero-order valence-corrected chi connectivity index (χ0v) is 38.7. The number of benzene rings is 1. The first kappa shape index (κ1) is 57.2. The van der Waals surface area contributed by atoms with Crippen LogP contribution >= 0.6 is 0 Å². The second-order valence-electron chi connectivity index (χ2n) is 16.1. The van der Waals surface area contributed by atoms with Crippen LogP contribution in [0.4, 0.5) is 0 Å². The molecule has 0 aromatic heterocycles. The number of aliphatic carboxylic acids is 1. The van der Waals surface area contributed by atoms with Crippen molar-refractivity contribution in [3.8, 4) is 5.75 Å². The smallest absolute Gasteiger partial charge is 0.335 e. The number of carbonyl (C=O) groups excluding carboxylic acids is 3. The number of carboxylic acid groups (broad SMARTS) is 2. The molecule has 5 N–H and O–H groups in total. The minimum Gasteiger partial charge on any atom is -0.494 e. The van der Waals surface area contributed by atoms with Crippen LogP contribution in [-0.4, -0.2) is 112 Å². The van der Waals surface area contributed by atoms with Crippen molar-refractivity contribution in [2.24, 2.45) is 0 Å². The van der Waals surface area contributed by atoms with E-state index in [1.165, 1.54) is 82.8 Å². The average Bonchev–Trinajstić information content (AvgIpc) is 3.26. The zero-order valence-electron chi connectivity index (χ0n) is 38.7. The predicted octanol–water partition coefficient (Wildman–Crippen LogP) is 8.18. The van der Waals surface area contributed by atoms with E-state index in [0.29, 0.717) is 45.1 Å². The number of aromatic carboxylic acids is 1. The van der Waals surface area contributed by atoms with E-state index < -0.39 is 23.9 Å². The van der Waals surface area contributed by atoms with Gasteiger partial charge < -0.3 is 49.8 Å². The van der Waals surface area contributed by atoms with Gasteiger partial charge >= 0.3 is 11.9 Å². The molecule has 0 aliphatic rings. The van der Waals surface area contributed by atoms with Gasteiger partial charge in [0.05, 0.1) is 57.9 Å². The molecular weight excluding hydrogens is 811 g/mol. The Bertz CT molecular complexity index is 1320. The molecule has 63 heavy (non-hydrogen) atoms. The lowest BCUT2D eigenvalue weighted by Crippen LogP contribution is -2.47. The standard InChI is InChI=1S/C48H82N3O12/c1-3-4-5-6-7-8-9-10-11-13-16-19-22-40(2)62-38-37-60-33-30-49-45(53)39-61-36-35-59-34-31-50-47(56)43(28-29-46(54)55)51-44(52)23-20-17-14-12-15-18-21-32-63-42-26-24-41(25-27-42)48(57)58/h24-27,43H,3-23,28-39H2,1-2H3,(H,49,53)(H,50,56)(H,51,52)(H,54,55)(H,57,58)/t43-/m0/s1. The maximum atomic E-state index is 12.7. The number of rotatable bonds is 45. The Kier molecular flexibility index (Phi) is 37.2. The topological polar surface area (TPSA) is 208 Å². The molecule has 1 aromatic rings. The van der Waals surface area contributed by atoms with E-state index in [4.69, 9.17) is 33.9 Å². The van der Waals surface area contributed by atoms with Gasteiger partial charge in [-0.15, -0.1) is 0 Å². The summed E-state index contributed by atoms with van der Waals surface area (Å²) in [5, 5.41) is 26.2. The van der Waals surface area contributed by atoms with Crippen LogP contribution in [0.3, 0.4) is 0 Å². The summed E-state index contributed by atoms with van der Waals surface area (Å²) in [6, 6.07) is 5.37. The third kappa shape index (κ3) is 36.3. The Morgan fingerprint density at radius 2 is 1.08 bits per heavy atom. The highest BCUT2D eigenvalue weighted by Crippen LogP contribution is 2.17. The van der Waals surface area contributed by atoms with E-state index >= 15 is 0 Å². The van der Waals surface area contributed by atoms with Gasteiger partial charge in [-0.3, -0.25) is 19.2 Å². The van der Waals surface area contributed by atoms with Crippen LogP contribution in [0.15, 0.2) is 24.3 Å². The highest BCUT2D eigenvalue weighted by molar-refractivity contribution is 5.88. The number of hydrogen-bond acceptors (Lipinski definition) is 10. The lowest BCUT2D eigenvalue weighted by atomic mass is 10.0. The van der Waals surface area contributed by atoms with Gasteiger partial charge in [-0.25, -0.2) is 4.79 Å². The second kappa shape index (κ2) is 40.9. The maximum Gasteiger partial charge on any atom is 0.335 e. The van der Waals surface area contributed by atoms with Crippen molar-refractivity contribution < 1.29 is 57.9 Å². The fourth-order valence-electron chi connectivity index (χ4n) is 6.69. The molecule has 0 heterocycles. The first-order valence-electron chi connectivity index (χ1n) is 23.8. The van der Waals surface area contributed by atoms with Crippen molar-refractivity contribution in [2.45, 2.75) is 168 Å². The van der Waals surface area contributed by atoms with E-state index in [9.17, 15) is 24.0 Å². The van der Waals surface area contributed by atoms with Gasteiger partial charge in [-0.2, -0.15) is 0 Å². The monoisotopic (exact) mass is 893 g/mol. The van der Waals surface area contributed by atoms with Crippen LogP contribution in [-0.2, 0) is 38.1 Å². The van der Waals surface area contributed by atoms with E-state index in [0.717, 1.165) is 57.5 Å². The van der Waals surface area contributed by atoms with Crippen molar-refractivity contribution >= 4 is 29.7 Å². The minimum absolute atomic E-state index is 0.0282. The number of carbonyl (C=O) groups is 5. The molecular formula is C48H82N3O12. The molecule has 0 fully saturated rings. The molecule has 0 spiro atoms. The third-order valence-corrected chi connectivity index (χ3v) is 10.4. The lowest BCUT2D eigenvalue weighted by molar-refractivity contribution is -0.138. The van der Waals surface area contributed by atoms with Gasteiger partial charge in [-0.1, -0.05) is 116 Å². The van der Waals surface area contributed by atoms with Crippen LogP contribution < -0.4 is 20.7 Å². The number of unbranched alkanes of at least 4 members (excludes halogenated alkanes) is 17. The van der Waals surface area contributed by atoms with Gasteiger partial charge in [0, 0.05) is 25.9 Å². The Balaban J connectivity index is 1.99. The van der Waals surface area contributed by atoms with Crippen LogP contribution in [0.1, 0.15) is 172 Å². The van der Waals surface area contributed by atoms with Crippen molar-refractivity contribution in [1.82, 2.24) is 16.0 Å². The summed E-state index contributed by atoms with van der Waals surface area (Å²) in [6.45, 7) is 7.15. The van der Waals surface area contributed by atoms with E-state index in [1.54, 1.807) is 12.1 Å². The number of amides is 3. The van der Waals surface area contributed by atoms with Gasteiger partial charge in [-0.05, 0) is 56.9 Å². The third-order valence-electron chi connectivity index (χ3n) is 10.4. The first-order valence-corrected chi connectivity index (χ1v) is 23.8. The molecule has 0 aliphatic heterocycles. The Hall–Kier alpha value is -3.79. The molecule has 1 aromatic carbocycles. The first-order chi connectivity index (χ1) is 30.6. The highest BCUT2D eigenvalue weighted by atomic mass is 16.5. The molecule has 0 unspecified atom stereocenters. The van der Waals surface area contributed by atoms with E-state index in [-0.39, 0.29) is 69.6 Å². The average molecular weight is 893 g/mol. The number of ether oxygens (including phenoxy) is 5. The number of nitrogens with one attached hydrogen (secondary N) is 3. The lowest BCUT2D eigenvalue weighted by Gasteiger charge is -2.18. The largest absolute Gasteiger partial charge is 0.494 e. The van der Waals surface area contributed by atoms with Crippen molar-refractivity contribution in [3.63, 3.8) is 0 Å². The molecule has 361 valence electrons. The zero-order chi connectivity index (χ0) is 46.0. The molecule has 1 radical (unpaired) electrons. The molecule has 0 saturated heterocycles. The Morgan fingerprint density at radius 3 is 1.67 bits per heavy atom. The molecule has 15 nitrogen and oxygen atoms in total. The fraction of sp³-hybridized carbons (Fsp3) is 0.750. The molecule has 1 atom stereocenters. The molecule has 3 amide bonds. The van der Waals surface area contributed by atoms with E-state index in [2.05, 4.69) is 22.9 Å². The predicted molar refractivity (Wildman–Crippen MR) is 244 cm³/mol. The summed E-state index contributed by atoms with van der Waals surface area (Å²) in [7, 11) is 0. The molecule has 1 rings (SSSR count). The van der Waals surface area contributed by atoms with E-state index in [1.807, 2.05) is 6.92 Å². The van der Waals surface area contributed by atoms with Gasteiger partial charge in [0.1, 0.15) is 18.4 Å². The van der Waals surface area contributed by atoms with Crippen LogP contribution in [0, 0.1) is 6.10 Å². The van der Waals surface area contributed by atoms with Crippen LogP contribution in [0.2, 0.25) is 0 Å². The van der Waals surface area contributed by atoms with Gasteiger partial charge in [0.15, 0.2) is 0 Å². The number of carboxylic acids is 2. The SMILES string of the molecule is CCCCCCCCCCCCCC[C](C)OCCOCCNC(=O)COCCOCCNC(=O)[C@H](CCC(=O)O)NC(=O)CCCCCCCCCOc1ccc(C(=O)O)cc1. The number of hydrogen-bond donors (Lipinski definition) is 5. The van der Waals surface area contributed by atoms with Gasteiger partial charge in [0.25, 0.3) is 0 Å². The molecule has 0 aliphatic carbocycles. The second-order valence-corrected chi connectivity index (χ2v) is 16.1. The Labute approximate surface area is 377 Å². The van der Waals surface area contributed by atoms with Crippen molar-refractivity contribution in [1.29, 1.82) is 0 Å². The normalized spacial score (nSPS) is 11.7. The minimum atomic E-state index is -1.06. The highest BCUT2D eigenvalue weighted by Gasteiger charge is 2.21. The van der Waals surface area contributed by atoms with Crippen molar-refractivity contribution in [2.75, 3.05) is 65.9 Å². The molecule has 0 saturated carbocycles. The fourth-order valence-corrected chi connectivity index (χ4v) is 6.69.